The van der Waals surface area contributed by atoms with E-state index in [9.17, 15) is 0 Å². The number of hydrogen-bond donors (Lipinski definition) is 0. The molecule has 0 aliphatic carbocycles. The van der Waals surface area contributed by atoms with Gasteiger partial charge in [0.05, 0.1) is 0 Å². The molecule has 11 heavy (non-hydrogen) atoms. The Balaban J connectivity index is 0. The SMILES string of the molecule is C=C/C=C\C=C.CCCCC. The van der Waals surface area contributed by atoms with Crippen molar-refractivity contribution in [2.24, 2.45) is 0 Å². The minimum absolute atomic E-state index is 1.34. The van der Waals surface area contributed by atoms with Gasteiger partial charge < -0.3 is 0 Å². The lowest BCUT2D eigenvalue weighted by Gasteiger charge is -1.79. The standard InChI is InChI=1S/C6H8.C5H12/c1-3-5-6-4-2;1-3-5-4-2/h3-6H,1-2H2;3-5H2,1-2H3/b6-5-;. The molecule has 0 amide bonds. The van der Waals surface area contributed by atoms with Gasteiger partial charge in [0.25, 0.3) is 0 Å². The normalized spacial score (nSPS) is 8.55. The van der Waals surface area contributed by atoms with Crippen LogP contribution in [0.2, 0.25) is 0 Å². The van der Waals surface area contributed by atoms with Crippen LogP contribution in [-0.4, -0.2) is 0 Å². The van der Waals surface area contributed by atoms with Crippen molar-refractivity contribution in [2.75, 3.05) is 0 Å². The van der Waals surface area contributed by atoms with Gasteiger partial charge in [0, 0.05) is 0 Å². The third-order valence-corrected chi connectivity index (χ3v) is 1.09. The van der Waals surface area contributed by atoms with Crippen molar-refractivity contribution in [2.45, 2.75) is 33.1 Å². The molecular formula is C11H20. The maximum atomic E-state index is 3.46. The average Bonchev–Trinajstić information content (AvgIpc) is 2.04. The quantitative estimate of drug-likeness (QED) is 0.532. The first kappa shape index (κ1) is 12.9. The maximum absolute atomic E-state index is 3.46. The van der Waals surface area contributed by atoms with Gasteiger partial charge in [-0.15, -0.1) is 0 Å². The van der Waals surface area contributed by atoms with Crippen LogP contribution in [0.25, 0.3) is 0 Å². The Hall–Kier alpha value is -0.780. The summed E-state index contributed by atoms with van der Waals surface area (Å²) in [5, 5.41) is 0. The highest BCUT2D eigenvalue weighted by atomic mass is 13.7. The fourth-order valence-electron chi connectivity index (χ4n) is 0.511. The van der Waals surface area contributed by atoms with Crippen LogP contribution in [0.3, 0.4) is 0 Å². The molecule has 0 spiro atoms. The number of hydrogen-bond acceptors (Lipinski definition) is 0. The fourth-order valence-corrected chi connectivity index (χ4v) is 0.511. The lowest BCUT2D eigenvalue weighted by Crippen LogP contribution is -1.59. The molecule has 0 aliphatic heterocycles. The van der Waals surface area contributed by atoms with E-state index >= 15 is 0 Å². The van der Waals surface area contributed by atoms with E-state index in [-0.39, 0.29) is 0 Å². The lowest BCUT2D eigenvalue weighted by molar-refractivity contribution is 0.772. The number of unbranched alkanes of at least 4 members (excludes halogenated alkanes) is 2. The summed E-state index contributed by atoms with van der Waals surface area (Å²) in [6.07, 6.45) is 11.1. The van der Waals surface area contributed by atoms with Gasteiger partial charge in [0.15, 0.2) is 0 Å². The second-order valence-corrected chi connectivity index (χ2v) is 2.21. The first-order valence-corrected chi connectivity index (χ1v) is 4.23. The van der Waals surface area contributed by atoms with E-state index in [2.05, 4.69) is 27.0 Å². The largest absolute Gasteiger partial charge is 0.0991 e. The topological polar surface area (TPSA) is 0 Å². The summed E-state index contributed by atoms with van der Waals surface area (Å²) in [5.41, 5.74) is 0. The van der Waals surface area contributed by atoms with Crippen LogP contribution in [0, 0.1) is 0 Å². The molecule has 0 saturated carbocycles. The average molecular weight is 152 g/mol. The minimum Gasteiger partial charge on any atom is -0.0991 e. The van der Waals surface area contributed by atoms with Crippen molar-refractivity contribution >= 4 is 0 Å². The van der Waals surface area contributed by atoms with E-state index in [4.69, 9.17) is 0 Å². The summed E-state index contributed by atoms with van der Waals surface area (Å²) in [6.45, 7) is 11.4. The van der Waals surface area contributed by atoms with Crippen LogP contribution >= 0.6 is 0 Å². The molecule has 0 saturated heterocycles. The van der Waals surface area contributed by atoms with Crippen LogP contribution in [0.15, 0.2) is 37.5 Å². The van der Waals surface area contributed by atoms with Crippen LogP contribution < -0.4 is 0 Å². The highest BCUT2D eigenvalue weighted by Crippen LogP contribution is 1.88. The Bertz CT molecular complexity index is 86.6. The molecule has 0 aromatic heterocycles. The van der Waals surface area contributed by atoms with E-state index in [0.29, 0.717) is 0 Å². The van der Waals surface area contributed by atoms with Gasteiger partial charge in [-0.25, -0.2) is 0 Å². The van der Waals surface area contributed by atoms with E-state index in [0.717, 1.165) is 0 Å². The molecule has 0 heterocycles. The minimum atomic E-state index is 1.34. The van der Waals surface area contributed by atoms with Crippen molar-refractivity contribution in [1.82, 2.24) is 0 Å². The molecule has 0 atom stereocenters. The van der Waals surface area contributed by atoms with Crippen LogP contribution in [0.4, 0.5) is 0 Å². The maximum Gasteiger partial charge on any atom is -0.0538 e. The Morgan fingerprint density at radius 1 is 0.909 bits per heavy atom. The second kappa shape index (κ2) is 16.1. The highest BCUT2D eigenvalue weighted by Gasteiger charge is 1.68. The summed E-state index contributed by atoms with van der Waals surface area (Å²) >= 11 is 0. The molecule has 0 radical (unpaired) electrons. The molecule has 0 N–H and O–H groups in total. The first-order valence-electron chi connectivity index (χ1n) is 4.23. The van der Waals surface area contributed by atoms with E-state index < -0.39 is 0 Å². The number of allylic oxidation sites excluding steroid dienone is 4. The lowest BCUT2D eigenvalue weighted by atomic mass is 10.3. The summed E-state index contributed by atoms with van der Waals surface area (Å²) in [7, 11) is 0. The third-order valence-electron chi connectivity index (χ3n) is 1.09. The molecule has 0 aromatic rings. The molecule has 64 valence electrons. The van der Waals surface area contributed by atoms with Gasteiger partial charge in [-0.3, -0.25) is 0 Å². The Morgan fingerprint density at radius 2 is 1.27 bits per heavy atom. The molecule has 0 nitrogen and oxygen atoms in total. The molecular weight excluding hydrogens is 132 g/mol. The summed E-state index contributed by atoms with van der Waals surface area (Å²) in [4.78, 5) is 0. The van der Waals surface area contributed by atoms with Gasteiger partial charge in [0.2, 0.25) is 0 Å². The van der Waals surface area contributed by atoms with Crippen LogP contribution in [0.5, 0.6) is 0 Å². The zero-order chi connectivity index (χ0) is 8.95. The van der Waals surface area contributed by atoms with Gasteiger partial charge in [0.1, 0.15) is 0 Å². The van der Waals surface area contributed by atoms with Crippen LogP contribution in [0.1, 0.15) is 33.1 Å². The van der Waals surface area contributed by atoms with Crippen molar-refractivity contribution in [3.63, 3.8) is 0 Å². The fraction of sp³-hybridized carbons (Fsp3) is 0.455. The predicted octanol–water partition coefficient (Wildman–Crippen LogP) is 4.11. The van der Waals surface area contributed by atoms with E-state index in [1.807, 2.05) is 12.2 Å². The summed E-state index contributed by atoms with van der Waals surface area (Å²) in [5.74, 6) is 0. The summed E-state index contributed by atoms with van der Waals surface area (Å²) in [6, 6.07) is 0. The second-order valence-electron chi connectivity index (χ2n) is 2.21. The monoisotopic (exact) mass is 152 g/mol. The van der Waals surface area contributed by atoms with E-state index in [1.54, 1.807) is 12.2 Å². The third kappa shape index (κ3) is 27.0. The predicted molar refractivity (Wildman–Crippen MR) is 54.7 cm³/mol. The van der Waals surface area contributed by atoms with Gasteiger partial charge in [-0.2, -0.15) is 0 Å². The molecule has 0 fully saturated rings. The summed E-state index contributed by atoms with van der Waals surface area (Å²) < 4.78 is 0. The zero-order valence-electron chi connectivity index (χ0n) is 7.84. The number of rotatable bonds is 4. The molecule has 0 unspecified atom stereocenters. The smallest absolute Gasteiger partial charge is 0.0538 e. The Kier molecular flexibility index (Phi) is 18.8. The van der Waals surface area contributed by atoms with E-state index in [1.165, 1.54) is 19.3 Å². The van der Waals surface area contributed by atoms with Gasteiger partial charge >= 0.3 is 0 Å². The van der Waals surface area contributed by atoms with Gasteiger partial charge in [-0.05, 0) is 0 Å². The molecule has 0 aliphatic rings. The van der Waals surface area contributed by atoms with Crippen molar-refractivity contribution < 1.29 is 0 Å². The molecule has 0 aromatic carbocycles. The van der Waals surface area contributed by atoms with Crippen molar-refractivity contribution in [1.29, 1.82) is 0 Å². The van der Waals surface area contributed by atoms with Crippen molar-refractivity contribution in [3.8, 4) is 0 Å². The Morgan fingerprint density at radius 3 is 1.36 bits per heavy atom. The Labute approximate surface area is 71.3 Å². The van der Waals surface area contributed by atoms with Crippen LogP contribution in [-0.2, 0) is 0 Å². The first-order chi connectivity index (χ1) is 5.33. The zero-order valence-corrected chi connectivity index (χ0v) is 7.84. The van der Waals surface area contributed by atoms with Crippen molar-refractivity contribution in [3.05, 3.63) is 37.5 Å². The molecule has 0 rings (SSSR count). The molecule has 0 bridgehead atoms. The van der Waals surface area contributed by atoms with Gasteiger partial charge in [-0.1, -0.05) is 70.6 Å². The highest BCUT2D eigenvalue weighted by molar-refractivity contribution is 5.05. The molecule has 0 heteroatoms.